The lowest BCUT2D eigenvalue weighted by molar-refractivity contribution is -0.132. The number of carbonyl (C=O) groups is 1. The average molecular weight is 352 g/mol. The van der Waals surface area contributed by atoms with Gasteiger partial charge in [0.15, 0.2) is 6.61 Å². The first-order chi connectivity index (χ1) is 11.5. The van der Waals surface area contributed by atoms with Crippen LogP contribution in [0.2, 0.25) is 5.02 Å². The van der Waals surface area contributed by atoms with Crippen LogP contribution in [0.25, 0.3) is 11.1 Å². The lowest BCUT2D eigenvalue weighted by atomic mass is 10.1. The quantitative estimate of drug-likeness (QED) is 0.822. The zero-order chi connectivity index (χ0) is 17.1. The van der Waals surface area contributed by atoms with E-state index in [0.717, 1.165) is 25.9 Å². The topological polar surface area (TPSA) is 29.5 Å². The molecule has 6 heteroatoms. The molecule has 126 valence electrons. The van der Waals surface area contributed by atoms with Crippen LogP contribution in [0, 0.1) is 11.6 Å². The van der Waals surface area contributed by atoms with E-state index in [0.29, 0.717) is 11.1 Å². The Hall–Kier alpha value is -2.14. The standard InChI is InChI=1S/C18H16ClF2NO2/c19-16-4-3-12(9-17(16)21)13-7-14(20)10-15(8-13)24-11-18(23)22-5-1-2-6-22/h3-4,7-10H,1-2,5-6,11H2. The van der Waals surface area contributed by atoms with Gasteiger partial charge in [-0.15, -0.1) is 0 Å². The van der Waals surface area contributed by atoms with Crippen molar-refractivity contribution in [1.82, 2.24) is 4.90 Å². The molecule has 1 aliphatic rings. The molecule has 0 saturated carbocycles. The molecule has 1 aliphatic heterocycles. The highest BCUT2D eigenvalue weighted by Gasteiger charge is 2.18. The van der Waals surface area contributed by atoms with Crippen LogP contribution >= 0.6 is 11.6 Å². The Balaban J connectivity index is 1.75. The summed E-state index contributed by atoms with van der Waals surface area (Å²) in [6.45, 7) is 1.33. The summed E-state index contributed by atoms with van der Waals surface area (Å²) in [5, 5.41) is 0.00263. The predicted molar refractivity (Wildman–Crippen MR) is 88.1 cm³/mol. The van der Waals surface area contributed by atoms with Gasteiger partial charge in [-0.2, -0.15) is 0 Å². The van der Waals surface area contributed by atoms with Crippen LogP contribution in [0.1, 0.15) is 12.8 Å². The van der Waals surface area contributed by atoms with Crippen molar-refractivity contribution in [3.63, 3.8) is 0 Å². The molecule has 2 aromatic rings. The van der Waals surface area contributed by atoms with Gasteiger partial charge in [-0.25, -0.2) is 8.78 Å². The van der Waals surface area contributed by atoms with Gasteiger partial charge in [0.05, 0.1) is 5.02 Å². The summed E-state index contributed by atoms with van der Waals surface area (Å²) in [5.74, 6) is -0.986. The van der Waals surface area contributed by atoms with Crippen LogP contribution in [0.3, 0.4) is 0 Å². The normalized spacial score (nSPS) is 14.0. The molecule has 0 bridgehead atoms. The SMILES string of the molecule is O=C(COc1cc(F)cc(-c2ccc(Cl)c(F)c2)c1)N1CCCC1. The zero-order valence-corrected chi connectivity index (χ0v) is 13.7. The van der Waals surface area contributed by atoms with E-state index in [4.69, 9.17) is 16.3 Å². The third-order valence-corrected chi connectivity index (χ3v) is 4.25. The van der Waals surface area contributed by atoms with Crippen molar-refractivity contribution in [2.24, 2.45) is 0 Å². The van der Waals surface area contributed by atoms with Gasteiger partial charge in [0.1, 0.15) is 17.4 Å². The lowest BCUT2D eigenvalue weighted by Crippen LogP contribution is -2.32. The van der Waals surface area contributed by atoms with E-state index in [2.05, 4.69) is 0 Å². The molecule has 0 aliphatic carbocycles. The summed E-state index contributed by atoms with van der Waals surface area (Å²) in [4.78, 5) is 13.7. The number of hydrogen-bond donors (Lipinski definition) is 0. The Morgan fingerprint density at radius 1 is 1.08 bits per heavy atom. The molecule has 1 amide bonds. The Labute approximate surface area is 143 Å². The minimum atomic E-state index is -0.579. The van der Waals surface area contributed by atoms with Crippen molar-refractivity contribution in [3.05, 3.63) is 53.1 Å². The largest absolute Gasteiger partial charge is 0.484 e. The second kappa shape index (κ2) is 7.18. The third-order valence-electron chi connectivity index (χ3n) is 3.95. The Kier molecular flexibility index (Phi) is 5.00. The monoisotopic (exact) mass is 351 g/mol. The minimum absolute atomic E-state index is 0.00263. The molecule has 0 atom stereocenters. The molecular formula is C18H16ClF2NO2. The van der Waals surface area contributed by atoms with E-state index in [1.165, 1.54) is 24.3 Å². The van der Waals surface area contributed by atoms with Crippen LogP contribution in [0.4, 0.5) is 8.78 Å². The number of benzene rings is 2. The zero-order valence-electron chi connectivity index (χ0n) is 12.9. The predicted octanol–water partition coefficient (Wildman–Crippen LogP) is 4.29. The van der Waals surface area contributed by atoms with E-state index < -0.39 is 11.6 Å². The second-order valence-corrected chi connectivity index (χ2v) is 6.09. The van der Waals surface area contributed by atoms with Gasteiger partial charge in [-0.05, 0) is 48.2 Å². The van der Waals surface area contributed by atoms with Gasteiger partial charge < -0.3 is 9.64 Å². The van der Waals surface area contributed by atoms with Crippen LogP contribution in [0.5, 0.6) is 5.75 Å². The maximum atomic E-state index is 13.8. The highest BCUT2D eigenvalue weighted by Crippen LogP contribution is 2.28. The molecule has 2 aromatic carbocycles. The van der Waals surface area contributed by atoms with E-state index >= 15 is 0 Å². The number of rotatable bonds is 4. The summed E-state index contributed by atoms with van der Waals surface area (Å²) < 4.78 is 32.8. The molecular weight excluding hydrogens is 336 g/mol. The van der Waals surface area contributed by atoms with Crippen molar-refractivity contribution in [2.45, 2.75) is 12.8 Å². The molecule has 0 radical (unpaired) electrons. The number of ether oxygens (including phenoxy) is 1. The first-order valence-electron chi connectivity index (χ1n) is 7.69. The first-order valence-corrected chi connectivity index (χ1v) is 8.07. The van der Waals surface area contributed by atoms with Crippen molar-refractivity contribution in [1.29, 1.82) is 0 Å². The highest BCUT2D eigenvalue weighted by molar-refractivity contribution is 6.30. The molecule has 0 spiro atoms. The summed E-state index contributed by atoms with van der Waals surface area (Å²) in [5.41, 5.74) is 0.932. The van der Waals surface area contributed by atoms with Gasteiger partial charge >= 0.3 is 0 Å². The molecule has 24 heavy (non-hydrogen) atoms. The fourth-order valence-electron chi connectivity index (χ4n) is 2.69. The number of hydrogen-bond acceptors (Lipinski definition) is 2. The number of amides is 1. The Bertz CT molecular complexity index is 761. The summed E-state index contributed by atoms with van der Waals surface area (Å²) in [6, 6.07) is 8.29. The van der Waals surface area contributed by atoms with Crippen molar-refractivity contribution in [2.75, 3.05) is 19.7 Å². The van der Waals surface area contributed by atoms with Gasteiger partial charge in [-0.3, -0.25) is 4.79 Å². The van der Waals surface area contributed by atoms with E-state index in [-0.39, 0.29) is 23.3 Å². The number of halogens is 3. The van der Waals surface area contributed by atoms with Crippen LogP contribution in [-0.4, -0.2) is 30.5 Å². The van der Waals surface area contributed by atoms with Crippen LogP contribution in [-0.2, 0) is 4.79 Å². The van der Waals surface area contributed by atoms with Crippen molar-refractivity contribution >= 4 is 17.5 Å². The molecule has 0 N–H and O–H groups in total. The number of carbonyl (C=O) groups excluding carboxylic acids is 1. The smallest absolute Gasteiger partial charge is 0.260 e. The summed E-state index contributed by atoms with van der Waals surface area (Å²) >= 11 is 5.66. The summed E-state index contributed by atoms with van der Waals surface area (Å²) in [6.07, 6.45) is 2.00. The van der Waals surface area contributed by atoms with Crippen molar-refractivity contribution < 1.29 is 18.3 Å². The summed E-state index contributed by atoms with van der Waals surface area (Å²) in [7, 11) is 0. The molecule has 1 fully saturated rings. The third kappa shape index (κ3) is 3.85. The van der Waals surface area contributed by atoms with E-state index in [1.807, 2.05) is 0 Å². The maximum Gasteiger partial charge on any atom is 0.260 e. The molecule has 1 saturated heterocycles. The molecule has 3 nitrogen and oxygen atoms in total. The van der Waals surface area contributed by atoms with Crippen LogP contribution < -0.4 is 4.74 Å². The molecule has 3 rings (SSSR count). The number of likely N-dealkylation sites (tertiary alicyclic amines) is 1. The number of nitrogens with zero attached hydrogens (tertiary/aromatic N) is 1. The minimum Gasteiger partial charge on any atom is -0.484 e. The van der Waals surface area contributed by atoms with E-state index in [1.54, 1.807) is 17.0 Å². The second-order valence-electron chi connectivity index (χ2n) is 5.68. The van der Waals surface area contributed by atoms with E-state index in [9.17, 15) is 13.6 Å². The van der Waals surface area contributed by atoms with Crippen molar-refractivity contribution in [3.8, 4) is 16.9 Å². The Morgan fingerprint density at radius 2 is 1.83 bits per heavy atom. The van der Waals surface area contributed by atoms with Gasteiger partial charge in [-0.1, -0.05) is 17.7 Å². The van der Waals surface area contributed by atoms with Gasteiger partial charge in [0.2, 0.25) is 0 Å². The van der Waals surface area contributed by atoms with Gasteiger partial charge in [0.25, 0.3) is 5.91 Å². The first kappa shape index (κ1) is 16.7. The van der Waals surface area contributed by atoms with Gasteiger partial charge in [0, 0.05) is 19.2 Å². The van der Waals surface area contributed by atoms with Crippen LogP contribution in [0.15, 0.2) is 36.4 Å². The average Bonchev–Trinajstić information content (AvgIpc) is 3.09. The fourth-order valence-corrected chi connectivity index (χ4v) is 2.81. The molecule has 0 aromatic heterocycles. The Morgan fingerprint density at radius 3 is 2.54 bits per heavy atom. The highest BCUT2D eigenvalue weighted by atomic mass is 35.5. The lowest BCUT2D eigenvalue weighted by Gasteiger charge is -2.16. The maximum absolute atomic E-state index is 13.8. The molecule has 0 unspecified atom stereocenters. The molecule has 1 heterocycles. The fraction of sp³-hybridized carbons (Fsp3) is 0.278.